The van der Waals surface area contributed by atoms with Gasteiger partial charge in [-0.1, -0.05) is 13.8 Å². The number of aliphatic hydroxyl groups excluding tert-OH is 1. The molecule has 110 valence electrons. The summed E-state index contributed by atoms with van der Waals surface area (Å²) in [6.07, 6.45) is 0.469. The molecule has 2 atom stereocenters. The molecule has 0 bridgehead atoms. The van der Waals surface area contributed by atoms with Crippen molar-refractivity contribution in [3.05, 3.63) is 28.2 Å². The highest BCUT2D eigenvalue weighted by Crippen LogP contribution is 2.43. The van der Waals surface area contributed by atoms with Crippen molar-refractivity contribution < 1.29 is 14.6 Å². The highest BCUT2D eigenvalue weighted by atomic mass is 79.9. The van der Waals surface area contributed by atoms with Crippen LogP contribution in [0.1, 0.15) is 37.6 Å². The molecule has 1 aliphatic carbocycles. The lowest BCUT2D eigenvalue weighted by atomic mass is 9.64. The van der Waals surface area contributed by atoms with Crippen molar-refractivity contribution >= 4 is 27.6 Å². The van der Waals surface area contributed by atoms with Gasteiger partial charge in [-0.05, 0) is 47.5 Å². The number of carbonyl (C=O) groups excluding carboxylic acids is 1. The number of aliphatic hydroxyl groups is 1. The van der Waals surface area contributed by atoms with Gasteiger partial charge >= 0.3 is 5.97 Å². The SMILES string of the molecule is CCOC(=O)c1ccc(NC2CC(O)C2(C)C)c(Br)c1. The number of anilines is 1. The van der Waals surface area contributed by atoms with Crippen LogP contribution in [0.2, 0.25) is 0 Å². The molecule has 2 N–H and O–H groups in total. The molecule has 0 spiro atoms. The van der Waals surface area contributed by atoms with Crippen molar-refractivity contribution in [2.24, 2.45) is 5.41 Å². The maximum atomic E-state index is 11.6. The lowest BCUT2D eigenvalue weighted by Gasteiger charge is -2.50. The van der Waals surface area contributed by atoms with Crippen molar-refractivity contribution in [1.29, 1.82) is 0 Å². The minimum atomic E-state index is -0.320. The normalized spacial score (nSPS) is 23.9. The summed E-state index contributed by atoms with van der Waals surface area (Å²) in [7, 11) is 0. The van der Waals surface area contributed by atoms with Gasteiger partial charge in [-0.2, -0.15) is 0 Å². The van der Waals surface area contributed by atoms with Gasteiger partial charge < -0.3 is 15.2 Å². The molecule has 1 aliphatic rings. The summed E-state index contributed by atoms with van der Waals surface area (Å²) in [5, 5.41) is 13.2. The second kappa shape index (κ2) is 5.74. The average molecular weight is 342 g/mol. The Morgan fingerprint density at radius 3 is 2.75 bits per heavy atom. The van der Waals surface area contributed by atoms with Crippen LogP contribution in [0, 0.1) is 5.41 Å². The van der Waals surface area contributed by atoms with Gasteiger partial charge in [0.1, 0.15) is 0 Å². The van der Waals surface area contributed by atoms with Crippen LogP contribution in [-0.4, -0.2) is 29.8 Å². The number of benzene rings is 1. The van der Waals surface area contributed by atoms with E-state index >= 15 is 0 Å². The fourth-order valence-electron chi connectivity index (χ4n) is 2.31. The van der Waals surface area contributed by atoms with Crippen LogP contribution < -0.4 is 5.32 Å². The van der Waals surface area contributed by atoms with Crippen molar-refractivity contribution in [2.45, 2.75) is 39.3 Å². The van der Waals surface area contributed by atoms with Crippen LogP contribution in [0.4, 0.5) is 5.69 Å². The van der Waals surface area contributed by atoms with Gasteiger partial charge in [0, 0.05) is 21.6 Å². The van der Waals surface area contributed by atoms with Gasteiger partial charge in [-0.25, -0.2) is 4.79 Å². The maximum absolute atomic E-state index is 11.6. The Morgan fingerprint density at radius 2 is 2.25 bits per heavy atom. The largest absolute Gasteiger partial charge is 0.462 e. The van der Waals surface area contributed by atoms with Gasteiger partial charge in [0.05, 0.1) is 18.3 Å². The predicted octanol–water partition coefficient (Wildman–Crippen LogP) is 3.20. The first kappa shape index (κ1) is 15.3. The van der Waals surface area contributed by atoms with E-state index in [1.54, 1.807) is 19.1 Å². The van der Waals surface area contributed by atoms with Gasteiger partial charge in [0.25, 0.3) is 0 Å². The van der Waals surface area contributed by atoms with E-state index in [9.17, 15) is 9.90 Å². The molecule has 0 saturated heterocycles. The number of rotatable bonds is 4. The predicted molar refractivity (Wildman–Crippen MR) is 81.9 cm³/mol. The van der Waals surface area contributed by atoms with Crippen LogP contribution >= 0.6 is 15.9 Å². The van der Waals surface area contributed by atoms with E-state index in [1.165, 1.54) is 0 Å². The van der Waals surface area contributed by atoms with Crippen molar-refractivity contribution in [2.75, 3.05) is 11.9 Å². The van der Waals surface area contributed by atoms with Gasteiger partial charge in [0.2, 0.25) is 0 Å². The molecule has 0 aliphatic heterocycles. The Labute approximate surface area is 127 Å². The lowest BCUT2D eigenvalue weighted by molar-refractivity contribution is -0.0510. The Bertz CT molecular complexity index is 516. The fourth-order valence-corrected chi connectivity index (χ4v) is 2.80. The lowest BCUT2D eigenvalue weighted by Crippen LogP contribution is -2.56. The molecular formula is C15H20BrNO3. The minimum Gasteiger partial charge on any atom is -0.462 e. The maximum Gasteiger partial charge on any atom is 0.338 e. The first-order valence-electron chi connectivity index (χ1n) is 6.77. The first-order valence-corrected chi connectivity index (χ1v) is 7.56. The summed E-state index contributed by atoms with van der Waals surface area (Å²) < 4.78 is 5.79. The van der Waals surface area contributed by atoms with Gasteiger partial charge in [-0.15, -0.1) is 0 Å². The van der Waals surface area contributed by atoms with E-state index in [2.05, 4.69) is 21.2 Å². The third-order valence-corrected chi connectivity index (χ3v) is 4.68. The summed E-state index contributed by atoms with van der Waals surface area (Å²) in [4.78, 5) is 11.6. The van der Waals surface area contributed by atoms with Crippen LogP contribution in [-0.2, 0) is 4.74 Å². The van der Waals surface area contributed by atoms with Gasteiger partial charge in [0.15, 0.2) is 0 Å². The fraction of sp³-hybridized carbons (Fsp3) is 0.533. The van der Waals surface area contributed by atoms with Crippen LogP contribution in [0.15, 0.2) is 22.7 Å². The van der Waals surface area contributed by atoms with Crippen LogP contribution in [0.5, 0.6) is 0 Å². The van der Waals surface area contributed by atoms with E-state index in [0.717, 1.165) is 16.6 Å². The Morgan fingerprint density at radius 1 is 1.55 bits per heavy atom. The third kappa shape index (κ3) is 2.83. The van der Waals surface area contributed by atoms with E-state index in [-0.39, 0.29) is 23.5 Å². The number of hydrogen-bond acceptors (Lipinski definition) is 4. The number of hydrogen-bond donors (Lipinski definition) is 2. The molecule has 0 heterocycles. The Kier molecular flexibility index (Phi) is 4.39. The summed E-state index contributed by atoms with van der Waals surface area (Å²) in [6.45, 7) is 6.23. The van der Waals surface area contributed by atoms with Crippen LogP contribution in [0.25, 0.3) is 0 Å². The Balaban J connectivity index is 2.09. The second-order valence-electron chi connectivity index (χ2n) is 5.68. The molecule has 0 radical (unpaired) electrons. The summed E-state index contributed by atoms with van der Waals surface area (Å²) >= 11 is 3.47. The van der Waals surface area contributed by atoms with Crippen molar-refractivity contribution in [1.82, 2.24) is 0 Å². The smallest absolute Gasteiger partial charge is 0.338 e. The molecule has 1 fully saturated rings. The monoisotopic (exact) mass is 341 g/mol. The molecule has 1 saturated carbocycles. The van der Waals surface area contributed by atoms with Crippen molar-refractivity contribution in [3.63, 3.8) is 0 Å². The van der Waals surface area contributed by atoms with E-state index in [4.69, 9.17) is 4.74 Å². The summed E-state index contributed by atoms with van der Waals surface area (Å²) in [5.74, 6) is -0.320. The number of ether oxygens (including phenoxy) is 1. The third-order valence-electron chi connectivity index (χ3n) is 4.03. The van der Waals surface area contributed by atoms with Gasteiger partial charge in [-0.3, -0.25) is 0 Å². The van der Waals surface area contributed by atoms with E-state index in [0.29, 0.717) is 12.2 Å². The molecule has 0 amide bonds. The standard InChI is InChI=1S/C15H20BrNO3/c1-4-20-14(19)9-5-6-11(10(16)7-9)17-12-8-13(18)15(12,2)3/h5-7,12-13,17-18H,4,8H2,1-3H3. The molecule has 5 heteroatoms. The number of carbonyl (C=O) groups is 1. The number of nitrogens with one attached hydrogen (secondary N) is 1. The zero-order valence-electron chi connectivity index (χ0n) is 11.9. The first-order chi connectivity index (χ1) is 9.36. The quantitative estimate of drug-likeness (QED) is 0.825. The highest BCUT2D eigenvalue weighted by Gasteiger charge is 2.47. The topological polar surface area (TPSA) is 58.6 Å². The van der Waals surface area contributed by atoms with Crippen molar-refractivity contribution in [3.8, 4) is 0 Å². The number of esters is 1. The summed E-state index contributed by atoms with van der Waals surface area (Å²) in [6, 6.07) is 5.58. The molecule has 4 nitrogen and oxygen atoms in total. The highest BCUT2D eigenvalue weighted by molar-refractivity contribution is 9.10. The molecule has 2 unspecified atom stereocenters. The van der Waals surface area contributed by atoms with E-state index in [1.807, 2.05) is 19.9 Å². The number of halogens is 1. The molecule has 2 rings (SSSR count). The summed E-state index contributed by atoms with van der Waals surface area (Å²) in [5.41, 5.74) is 1.31. The molecule has 1 aromatic carbocycles. The Hall–Kier alpha value is -1.07. The van der Waals surface area contributed by atoms with E-state index < -0.39 is 0 Å². The average Bonchev–Trinajstić information content (AvgIpc) is 2.40. The second-order valence-corrected chi connectivity index (χ2v) is 6.54. The molecule has 0 aromatic heterocycles. The molecule has 20 heavy (non-hydrogen) atoms. The zero-order valence-corrected chi connectivity index (χ0v) is 13.5. The van der Waals surface area contributed by atoms with Crippen LogP contribution in [0.3, 0.4) is 0 Å². The zero-order chi connectivity index (χ0) is 14.9. The molecule has 1 aromatic rings. The minimum absolute atomic E-state index is 0.140. The molecular weight excluding hydrogens is 322 g/mol.